The lowest BCUT2D eigenvalue weighted by Gasteiger charge is -2.17. The van der Waals surface area contributed by atoms with Crippen LogP contribution in [0.2, 0.25) is 0 Å². The highest BCUT2D eigenvalue weighted by Gasteiger charge is 2.28. The Kier molecular flexibility index (Phi) is 11.8. The van der Waals surface area contributed by atoms with E-state index in [0.717, 1.165) is 16.9 Å². The number of benzene rings is 1. The van der Waals surface area contributed by atoms with E-state index in [9.17, 15) is 24.0 Å². The second-order valence-electron chi connectivity index (χ2n) is 8.51. The maximum atomic E-state index is 12.8. The standard InChI is InChI=1S/C26H33N3O7S2/c1-7-35-26(34)20-16(3)21(24(32)29(4)5)38-23(20)28-19(30)14-36-25(33)18(11-12-37-6)27-22(31)17-10-8-9-15(2)13-17/h8-10,13,18H,7,11-12,14H2,1-6H3,(H,27,31)(H,28,30)/t18-/m1/s1. The van der Waals surface area contributed by atoms with E-state index in [0.29, 0.717) is 23.3 Å². The van der Waals surface area contributed by atoms with Gasteiger partial charge in [0.15, 0.2) is 6.61 Å². The molecule has 3 amide bonds. The summed E-state index contributed by atoms with van der Waals surface area (Å²) in [6, 6.07) is 6.01. The van der Waals surface area contributed by atoms with Crippen molar-refractivity contribution in [2.75, 3.05) is 44.6 Å². The fourth-order valence-electron chi connectivity index (χ4n) is 3.37. The third-order valence-electron chi connectivity index (χ3n) is 5.31. The normalized spacial score (nSPS) is 11.3. The van der Waals surface area contributed by atoms with Crippen LogP contribution in [0.15, 0.2) is 24.3 Å². The highest BCUT2D eigenvalue weighted by Crippen LogP contribution is 2.34. The SMILES string of the molecule is CCOC(=O)c1c(NC(=O)COC(=O)[C@@H](CCSC)NC(=O)c2cccc(C)c2)sc(C(=O)N(C)C)c1C. The minimum absolute atomic E-state index is 0.0741. The van der Waals surface area contributed by atoms with Crippen molar-refractivity contribution in [2.45, 2.75) is 33.2 Å². The summed E-state index contributed by atoms with van der Waals surface area (Å²) < 4.78 is 10.3. The number of carbonyl (C=O) groups is 5. The molecule has 2 aromatic rings. The molecule has 2 N–H and O–H groups in total. The van der Waals surface area contributed by atoms with Gasteiger partial charge in [-0.05, 0) is 56.9 Å². The van der Waals surface area contributed by atoms with E-state index in [1.807, 2.05) is 19.2 Å². The Balaban J connectivity index is 2.13. The molecule has 0 fully saturated rings. The van der Waals surface area contributed by atoms with Crippen molar-refractivity contribution in [2.24, 2.45) is 0 Å². The number of amides is 3. The molecule has 0 saturated heterocycles. The quantitative estimate of drug-likeness (QED) is 0.376. The van der Waals surface area contributed by atoms with Gasteiger partial charge in [0.05, 0.1) is 17.0 Å². The highest BCUT2D eigenvalue weighted by molar-refractivity contribution is 7.98. The molecule has 0 aliphatic rings. The Labute approximate surface area is 230 Å². The monoisotopic (exact) mass is 563 g/mol. The number of thioether (sulfide) groups is 1. The van der Waals surface area contributed by atoms with E-state index in [4.69, 9.17) is 9.47 Å². The van der Waals surface area contributed by atoms with E-state index < -0.39 is 36.4 Å². The molecule has 0 bridgehead atoms. The lowest BCUT2D eigenvalue weighted by atomic mass is 10.1. The number of esters is 2. The van der Waals surface area contributed by atoms with Crippen LogP contribution in [-0.2, 0) is 19.1 Å². The van der Waals surface area contributed by atoms with Crippen LogP contribution in [-0.4, -0.2) is 79.9 Å². The topological polar surface area (TPSA) is 131 Å². The summed E-state index contributed by atoms with van der Waals surface area (Å²) in [4.78, 5) is 64.9. The molecular weight excluding hydrogens is 530 g/mol. The maximum absolute atomic E-state index is 12.8. The van der Waals surface area contributed by atoms with Crippen LogP contribution in [0.5, 0.6) is 0 Å². The molecule has 1 heterocycles. The van der Waals surface area contributed by atoms with Crippen molar-refractivity contribution >= 4 is 57.8 Å². The van der Waals surface area contributed by atoms with Gasteiger partial charge in [0.25, 0.3) is 17.7 Å². The minimum atomic E-state index is -0.952. The second-order valence-corrected chi connectivity index (χ2v) is 10.5. The van der Waals surface area contributed by atoms with Crippen molar-refractivity contribution in [1.82, 2.24) is 10.2 Å². The Morgan fingerprint density at radius 1 is 1.11 bits per heavy atom. The van der Waals surface area contributed by atoms with E-state index >= 15 is 0 Å². The first kappa shape index (κ1) is 30.8. The van der Waals surface area contributed by atoms with Gasteiger partial charge >= 0.3 is 11.9 Å². The fourth-order valence-corrected chi connectivity index (χ4v) is 5.07. The molecule has 0 aliphatic heterocycles. The molecule has 1 aromatic heterocycles. The molecule has 10 nitrogen and oxygen atoms in total. The molecular formula is C26H33N3O7S2. The Morgan fingerprint density at radius 2 is 1.82 bits per heavy atom. The van der Waals surface area contributed by atoms with Gasteiger partial charge in [-0.3, -0.25) is 14.4 Å². The van der Waals surface area contributed by atoms with E-state index in [-0.39, 0.29) is 28.0 Å². The van der Waals surface area contributed by atoms with E-state index in [2.05, 4.69) is 10.6 Å². The fraction of sp³-hybridized carbons (Fsp3) is 0.423. The highest BCUT2D eigenvalue weighted by atomic mass is 32.2. The van der Waals surface area contributed by atoms with Crippen LogP contribution in [0.25, 0.3) is 0 Å². The first-order valence-corrected chi connectivity index (χ1v) is 14.1. The van der Waals surface area contributed by atoms with Gasteiger partial charge in [-0.1, -0.05) is 17.7 Å². The third-order valence-corrected chi connectivity index (χ3v) is 7.15. The number of nitrogens with zero attached hydrogens (tertiary/aromatic N) is 1. The zero-order valence-electron chi connectivity index (χ0n) is 22.3. The van der Waals surface area contributed by atoms with Crippen LogP contribution < -0.4 is 10.6 Å². The van der Waals surface area contributed by atoms with Crippen LogP contribution in [0, 0.1) is 13.8 Å². The molecule has 0 radical (unpaired) electrons. The zero-order valence-corrected chi connectivity index (χ0v) is 24.0. The van der Waals surface area contributed by atoms with Crippen molar-refractivity contribution in [3.8, 4) is 0 Å². The van der Waals surface area contributed by atoms with Crippen LogP contribution in [0.1, 0.15) is 54.9 Å². The zero-order chi connectivity index (χ0) is 28.4. The largest absolute Gasteiger partial charge is 0.462 e. The number of ether oxygens (including phenoxy) is 2. The summed E-state index contributed by atoms with van der Waals surface area (Å²) in [5, 5.41) is 5.36. The number of rotatable bonds is 12. The summed E-state index contributed by atoms with van der Waals surface area (Å²) in [6.45, 7) is 4.57. The number of nitrogens with one attached hydrogen (secondary N) is 2. The summed E-state index contributed by atoms with van der Waals surface area (Å²) in [5.41, 5.74) is 1.77. The van der Waals surface area contributed by atoms with Crippen LogP contribution >= 0.6 is 23.1 Å². The van der Waals surface area contributed by atoms with Gasteiger partial charge in [0.2, 0.25) is 0 Å². The Morgan fingerprint density at radius 3 is 2.42 bits per heavy atom. The first-order chi connectivity index (χ1) is 18.0. The van der Waals surface area contributed by atoms with Crippen molar-refractivity contribution in [3.63, 3.8) is 0 Å². The number of hydrogen-bond acceptors (Lipinski definition) is 9. The second kappa shape index (κ2) is 14.5. The predicted molar refractivity (Wildman–Crippen MR) is 148 cm³/mol. The first-order valence-electron chi connectivity index (χ1n) is 11.8. The van der Waals surface area contributed by atoms with Crippen molar-refractivity contribution < 1.29 is 33.4 Å². The number of anilines is 1. The lowest BCUT2D eigenvalue weighted by Crippen LogP contribution is -2.43. The molecule has 0 saturated carbocycles. The molecule has 1 atom stereocenters. The molecule has 38 heavy (non-hydrogen) atoms. The molecule has 2 rings (SSSR count). The van der Waals surface area contributed by atoms with Crippen molar-refractivity contribution in [1.29, 1.82) is 0 Å². The average Bonchev–Trinajstić information content (AvgIpc) is 3.19. The Bertz CT molecular complexity index is 1190. The number of thiophene rings is 1. The molecule has 206 valence electrons. The lowest BCUT2D eigenvalue weighted by molar-refractivity contribution is -0.149. The van der Waals surface area contributed by atoms with Gasteiger partial charge in [0.1, 0.15) is 11.0 Å². The van der Waals surface area contributed by atoms with Gasteiger partial charge < -0.3 is 25.0 Å². The van der Waals surface area contributed by atoms with E-state index in [1.54, 1.807) is 46.1 Å². The Hall–Kier alpha value is -3.38. The predicted octanol–water partition coefficient (Wildman–Crippen LogP) is 3.28. The number of carbonyl (C=O) groups excluding carboxylic acids is 5. The van der Waals surface area contributed by atoms with Crippen LogP contribution in [0.4, 0.5) is 5.00 Å². The minimum Gasteiger partial charge on any atom is -0.462 e. The smallest absolute Gasteiger partial charge is 0.341 e. The van der Waals surface area contributed by atoms with Crippen molar-refractivity contribution in [3.05, 3.63) is 51.4 Å². The van der Waals surface area contributed by atoms with Gasteiger partial charge in [-0.2, -0.15) is 11.8 Å². The average molecular weight is 564 g/mol. The number of aryl methyl sites for hydroxylation is 1. The summed E-state index contributed by atoms with van der Waals surface area (Å²) in [7, 11) is 3.16. The maximum Gasteiger partial charge on any atom is 0.341 e. The molecule has 0 spiro atoms. The van der Waals surface area contributed by atoms with Gasteiger partial charge in [-0.25, -0.2) is 9.59 Å². The third kappa shape index (κ3) is 8.32. The molecule has 1 aromatic carbocycles. The summed E-state index contributed by atoms with van der Waals surface area (Å²) in [5.74, 6) is -2.31. The number of hydrogen-bond donors (Lipinski definition) is 2. The summed E-state index contributed by atoms with van der Waals surface area (Å²) in [6.07, 6.45) is 2.18. The summed E-state index contributed by atoms with van der Waals surface area (Å²) >= 11 is 2.44. The molecule has 12 heteroatoms. The molecule has 0 aliphatic carbocycles. The molecule has 0 unspecified atom stereocenters. The van der Waals surface area contributed by atoms with Gasteiger partial charge in [0, 0.05) is 19.7 Å². The van der Waals surface area contributed by atoms with E-state index in [1.165, 1.54) is 16.7 Å². The van der Waals surface area contributed by atoms with Gasteiger partial charge in [-0.15, -0.1) is 11.3 Å². The van der Waals surface area contributed by atoms with Crippen LogP contribution in [0.3, 0.4) is 0 Å².